The van der Waals surface area contributed by atoms with E-state index in [4.69, 9.17) is 27.9 Å². The van der Waals surface area contributed by atoms with E-state index in [2.05, 4.69) is 5.32 Å². The van der Waals surface area contributed by atoms with Gasteiger partial charge in [-0.1, -0.05) is 47.5 Å². The second-order valence-corrected chi connectivity index (χ2v) is 7.11. The number of carbonyl (C=O) groups is 1. The van der Waals surface area contributed by atoms with Crippen molar-refractivity contribution in [3.63, 3.8) is 0 Å². The molecule has 2 atom stereocenters. The quantitative estimate of drug-likeness (QED) is 0.840. The number of para-hydroxylation sites is 1. The van der Waals surface area contributed by atoms with Gasteiger partial charge in [0.1, 0.15) is 6.17 Å². The highest BCUT2D eigenvalue weighted by Gasteiger charge is 2.36. The Labute approximate surface area is 156 Å². The maximum absolute atomic E-state index is 13.1. The molecule has 2 aromatic rings. The zero-order chi connectivity index (χ0) is 17.4. The number of hydrogen-bond donors (Lipinski definition) is 1. The lowest BCUT2D eigenvalue weighted by molar-refractivity contribution is 0.0427. The Bertz CT molecular complexity index is 806. The minimum Gasteiger partial charge on any atom is -0.376 e. The molecule has 2 aliphatic rings. The number of nitrogens with one attached hydrogen (secondary N) is 1. The van der Waals surface area contributed by atoms with Crippen LogP contribution in [0.5, 0.6) is 0 Å². The maximum Gasteiger partial charge on any atom is 0.257 e. The van der Waals surface area contributed by atoms with Gasteiger partial charge in [-0.3, -0.25) is 4.79 Å². The van der Waals surface area contributed by atoms with Gasteiger partial charge in [-0.25, -0.2) is 0 Å². The maximum atomic E-state index is 13.1. The predicted octanol–water partition coefficient (Wildman–Crippen LogP) is 4.74. The van der Waals surface area contributed by atoms with Gasteiger partial charge in [0.2, 0.25) is 0 Å². The normalized spacial score (nSPS) is 22.6. The number of ether oxygens (including phenoxy) is 1. The third-order valence-corrected chi connectivity index (χ3v) is 5.56. The summed E-state index contributed by atoms with van der Waals surface area (Å²) in [5.74, 6) is -0.0223. The van der Waals surface area contributed by atoms with Crippen LogP contribution >= 0.6 is 23.2 Å². The first-order valence-electron chi connectivity index (χ1n) is 8.37. The van der Waals surface area contributed by atoms with Crippen LogP contribution in [0.2, 0.25) is 10.0 Å². The molecule has 2 aliphatic heterocycles. The van der Waals surface area contributed by atoms with E-state index in [0.717, 1.165) is 30.7 Å². The first kappa shape index (κ1) is 16.7. The second kappa shape index (κ2) is 6.87. The van der Waals surface area contributed by atoms with Crippen LogP contribution in [0.15, 0.2) is 42.5 Å². The summed E-state index contributed by atoms with van der Waals surface area (Å²) < 4.78 is 5.75. The van der Waals surface area contributed by atoms with Gasteiger partial charge in [-0.2, -0.15) is 0 Å². The summed E-state index contributed by atoms with van der Waals surface area (Å²) in [5, 5.41) is 4.38. The first-order chi connectivity index (χ1) is 12.1. The highest BCUT2D eigenvalue weighted by Crippen LogP contribution is 2.38. The SMILES string of the molecule is O=C1c2ccccc2N[C@@H](c2cccc(Cl)c2Cl)N1C[C@H]1CCCO1. The topological polar surface area (TPSA) is 41.6 Å². The number of amides is 1. The third-order valence-electron chi connectivity index (χ3n) is 4.72. The highest BCUT2D eigenvalue weighted by molar-refractivity contribution is 6.42. The summed E-state index contributed by atoms with van der Waals surface area (Å²) in [5.41, 5.74) is 2.25. The van der Waals surface area contributed by atoms with E-state index in [1.807, 2.05) is 36.4 Å². The van der Waals surface area contributed by atoms with Gasteiger partial charge in [0, 0.05) is 24.4 Å². The molecule has 6 heteroatoms. The van der Waals surface area contributed by atoms with Crippen molar-refractivity contribution in [3.05, 3.63) is 63.6 Å². The summed E-state index contributed by atoms with van der Waals surface area (Å²) in [7, 11) is 0. The van der Waals surface area contributed by atoms with Crippen molar-refractivity contribution in [1.29, 1.82) is 0 Å². The summed E-state index contributed by atoms with van der Waals surface area (Å²) in [6.07, 6.45) is 1.66. The van der Waals surface area contributed by atoms with Crippen LogP contribution in [-0.4, -0.2) is 30.1 Å². The van der Waals surface area contributed by atoms with E-state index in [0.29, 0.717) is 22.2 Å². The lowest BCUT2D eigenvalue weighted by atomic mass is 10.0. The molecule has 2 aromatic carbocycles. The van der Waals surface area contributed by atoms with E-state index in [1.165, 1.54) is 0 Å². The van der Waals surface area contributed by atoms with Gasteiger partial charge >= 0.3 is 0 Å². The first-order valence-corrected chi connectivity index (χ1v) is 9.13. The van der Waals surface area contributed by atoms with Crippen molar-refractivity contribution in [2.75, 3.05) is 18.5 Å². The van der Waals surface area contributed by atoms with Gasteiger partial charge in [0.05, 0.1) is 21.7 Å². The molecule has 1 saturated heterocycles. The molecule has 130 valence electrons. The Morgan fingerprint density at radius 1 is 1.16 bits per heavy atom. The smallest absolute Gasteiger partial charge is 0.257 e. The number of halogens is 2. The van der Waals surface area contributed by atoms with Crippen molar-refractivity contribution in [1.82, 2.24) is 4.90 Å². The van der Waals surface area contributed by atoms with Crippen LogP contribution in [0.1, 0.15) is 34.9 Å². The fraction of sp³-hybridized carbons (Fsp3) is 0.316. The van der Waals surface area contributed by atoms with Gasteiger partial charge < -0.3 is 15.0 Å². The molecule has 0 saturated carbocycles. The zero-order valence-electron chi connectivity index (χ0n) is 13.5. The molecule has 1 amide bonds. The van der Waals surface area contributed by atoms with Crippen LogP contribution in [0.25, 0.3) is 0 Å². The number of hydrogen-bond acceptors (Lipinski definition) is 3. The van der Waals surface area contributed by atoms with Crippen molar-refractivity contribution in [3.8, 4) is 0 Å². The fourth-order valence-corrected chi connectivity index (χ4v) is 3.88. The van der Waals surface area contributed by atoms with Crippen molar-refractivity contribution < 1.29 is 9.53 Å². The molecule has 1 fully saturated rings. The van der Waals surface area contributed by atoms with Gasteiger partial charge in [0.15, 0.2) is 0 Å². The molecule has 0 aliphatic carbocycles. The monoisotopic (exact) mass is 376 g/mol. The molecule has 2 heterocycles. The van der Waals surface area contributed by atoms with Crippen molar-refractivity contribution >= 4 is 34.8 Å². The molecule has 0 spiro atoms. The highest BCUT2D eigenvalue weighted by atomic mass is 35.5. The molecule has 1 N–H and O–H groups in total. The number of nitrogens with zero attached hydrogens (tertiary/aromatic N) is 1. The molecule has 4 rings (SSSR count). The summed E-state index contributed by atoms with van der Waals surface area (Å²) in [6, 6.07) is 13.0. The van der Waals surface area contributed by atoms with Gasteiger partial charge in [-0.05, 0) is 31.0 Å². The lowest BCUT2D eigenvalue weighted by Crippen LogP contribution is -2.46. The summed E-state index contributed by atoms with van der Waals surface area (Å²) >= 11 is 12.6. The van der Waals surface area contributed by atoms with E-state index in [1.54, 1.807) is 11.0 Å². The van der Waals surface area contributed by atoms with Crippen LogP contribution in [0.4, 0.5) is 5.69 Å². The van der Waals surface area contributed by atoms with Crippen LogP contribution in [0, 0.1) is 0 Å². The second-order valence-electron chi connectivity index (χ2n) is 6.33. The van der Waals surface area contributed by atoms with Gasteiger partial charge in [-0.15, -0.1) is 0 Å². The Balaban J connectivity index is 1.75. The average molecular weight is 377 g/mol. The lowest BCUT2D eigenvalue weighted by Gasteiger charge is -2.39. The minimum atomic E-state index is -0.377. The predicted molar refractivity (Wildman–Crippen MR) is 99.3 cm³/mol. The van der Waals surface area contributed by atoms with Gasteiger partial charge in [0.25, 0.3) is 5.91 Å². The number of anilines is 1. The molecule has 0 aromatic heterocycles. The molecular formula is C19H18Cl2N2O2. The largest absolute Gasteiger partial charge is 0.376 e. The van der Waals surface area contributed by atoms with Crippen LogP contribution in [-0.2, 0) is 4.74 Å². The third kappa shape index (κ3) is 3.10. The van der Waals surface area contributed by atoms with E-state index in [9.17, 15) is 4.79 Å². The number of benzene rings is 2. The summed E-state index contributed by atoms with van der Waals surface area (Å²) in [4.78, 5) is 14.9. The minimum absolute atomic E-state index is 0.0223. The molecule has 0 unspecified atom stereocenters. The van der Waals surface area contributed by atoms with E-state index < -0.39 is 0 Å². The van der Waals surface area contributed by atoms with Crippen molar-refractivity contribution in [2.45, 2.75) is 25.1 Å². The fourth-order valence-electron chi connectivity index (χ4n) is 3.47. The van der Waals surface area contributed by atoms with Crippen LogP contribution < -0.4 is 5.32 Å². The molecule has 4 nitrogen and oxygen atoms in total. The van der Waals surface area contributed by atoms with E-state index >= 15 is 0 Å². The Morgan fingerprint density at radius 2 is 2.00 bits per heavy atom. The zero-order valence-corrected chi connectivity index (χ0v) is 15.1. The Hall–Kier alpha value is -1.75. The Kier molecular flexibility index (Phi) is 4.59. The number of rotatable bonds is 3. The Morgan fingerprint density at radius 3 is 2.80 bits per heavy atom. The standard InChI is InChI=1S/C19H18Cl2N2O2/c20-15-8-3-7-14(17(15)21)18-22-16-9-2-1-6-13(16)19(24)23(18)11-12-5-4-10-25-12/h1-3,6-9,12,18,22H,4-5,10-11H2/t12-,18-/m1/s1. The van der Waals surface area contributed by atoms with Crippen molar-refractivity contribution in [2.24, 2.45) is 0 Å². The molecule has 25 heavy (non-hydrogen) atoms. The molecule has 0 bridgehead atoms. The molecular weight excluding hydrogens is 359 g/mol. The molecule has 0 radical (unpaired) electrons. The number of fused-ring (bicyclic) bond motifs is 1. The van der Waals surface area contributed by atoms with Crippen LogP contribution in [0.3, 0.4) is 0 Å². The average Bonchev–Trinajstić information content (AvgIpc) is 3.13. The number of carbonyl (C=O) groups excluding carboxylic acids is 1. The van der Waals surface area contributed by atoms with E-state index in [-0.39, 0.29) is 18.2 Å². The summed E-state index contributed by atoms with van der Waals surface area (Å²) in [6.45, 7) is 1.27.